The van der Waals surface area contributed by atoms with Crippen LogP contribution < -0.4 is 5.73 Å². The van der Waals surface area contributed by atoms with E-state index in [1.54, 1.807) is 0 Å². The summed E-state index contributed by atoms with van der Waals surface area (Å²) in [6, 6.07) is 0. The molecular weight excluding hydrogens is 234 g/mol. The summed E-state index contributed by atoms with van der Waals surface area (Å²) < 4.78 is 0. The highest BCUT2D eigenvalue weighted by Gasteiger charge is 2.13. The van der Waals surface area contributed by atoms with Gasteiger partial charge < -0.3 is 10.6 Å². The van der Waals surface area contributed by atoms with Gasteiger partial charge in [0.2, 0.25) is 0 Å². The Labute approximate surface area is 119 Å². The van der Waals surface area contributed by atoms with Gasteiger partial charge in [-0.1, -0.05) is 51.2 Å². The second kappa shape index (κ2) is 11.0. The fourth-order valence-corrected chi connectivity index (χ4v) is 2.47. The summed E-state index contributed by atoms with van der Waals surface area (Å²) >= 11 is 0. The maximum Gasteiger partial charge on any atom is 0.103 e. The molecule has 0 aliphatic carbocycles. The zero-order valence-electron chi connectivity index (χ0n) is 12.6. The molecule has 0 bridgehead atoms. The molecule has 0 unspecified atom stereocenters. The third-order valence-corrected chi connectivity index (χ3v) is 3.62. The molecule has 0 aromatic rings. The number of amidine groups is 1. The molecule has 1 aliphatic rings. The Morgan fingerprint density at radius 3 is 2.74 bits per heavy atom. The van der Waals surface area contributed by atoms with E-state index >= 15 is 0 Å². The molecule has 0 spiro atoms. The lowest BCUT2D eigenvalue weighted by molar-refractivity contribution is 0.462. The molecule has 110 valence electrons. The predicted octanol–water partition coefficient (Wildman–Crippen LogP) is 3.36. The summed E-state index contributed by atoms with van der Waals surface area (Å²) in [5.74, 6) is 1.23. The van der Waals surface area contributed by atoms with Gasteiger partial charge in [0, 0.05) is 26.1 Å². The van der Waals surface area contributed by atoms with E-state index < -0.39 is 0 Å². The molecule has 0 atom stereocenters. The largest absolute Gasteiger partial charge is 0.357 e. The van der Waals surface area contributed by atoms with Crippen molar-refractivity contribution in [1.82, 2.24) is 4.90 Å². The summed E-state index contributed by atoms with van der Waals surface area (Å²) in [5.41, 5.74) is 5.60. The van der Waals surface area contributed by atoms with Gasteiger partial charge in [-0.15, -0.1) is 0 Å². The number of hydrogen-bond donors (Lipinski definition) is 1. The summed E-state index contributed by atoms with van der Waals surface area (Å²) in [7, 11) is 0. The van der Waals surface area contributed by atoms with Crippen LogP contribution >= 0.6 is 0 Å². The molecule has 1 rings (SSSR count). The molecular formula is C16H31N3. The Balaban J connectivity index is 2.01. The van der Waals surface area contributed by atoms with E-state index in [-0.39, 0.29) is 0 Å². The zero-order valence-corrected chi connectivity index (χ0v) is 12.6. The highest BCUT2D eigenvalue weighted by molar-refractivity contribution is 5.85. The SMILES string of the molecule is CCCCCCCC/C=C/CC1=NCCN1CCN. The van der Waals surface area contributed by atoms with Crippen LogP contribution in [-0.2, 0) is 0 Å². The molecule has 1 heterocycles. The first-order chi connectivity index (χ1) is 9.38. The summed E-state index contributed by atoms with van der Waals surface area (Å²) in [6.07, 6.45) is 15.1. The van der Waals surface area contributed by atoms with Crippen molar-refractivity contribution in [1.29, 1.82) is 0 Å². The molecule has 0 fully saturated rings. The lowest BCUT2D eigenvalue weighted by Crippen LogP contribution is -2.32. The van der Waals surface area contributed by atoms with Crippen LogP contribution in [0.3, 0.4) is 0 Å². The molecule has 3 heteroatoms. The van der Waals surface area contributed by atoms with Crippen LogP contribution in [0.2, 0.25) is 0 Å². The lowest BCUT2D eigenvalue weighted by atomic mass is 10.1. The molecule has 0 aromatic carbocycles. The van der Waals surface area contributed by atoms with Crippen LogP contribution in [0.25, 0.3) is 0 Å². The van der Waals surface area contributed by atoms with Crippen LogP contribution in [0.4, 0.5) is 0 Å². The van der Waals surface area contributed by atoms with Gasteiger partial charge in [0.1, 0.15) is 5.84 Å². The minimum atomic E-state index is 0.723. The van der Waals surface area contributed by atoms with E-state index in [1.165, 1.54) is 50.8 Å². The fourth-order valence-electron chi connectivity index (χ4n) is 2.47. The smallest absolute Gasteiger partial charge is 0.103 e. The Bertz CT molecular complexity index is 271. The van der Waals surface area contributed by atoms with E-state index in [9.17, 15) is 0 Å². The monoisotopic (exact) mass is 265 g/mol. The number of hydrogen-bond acceptors (Lipinski definition) is 3. The Hall–Kier alpha value is -0.830. The predicted molar refractivity (Wildman–Crippen MR) is 84.7 cm³/mol. The Morgan fingerprint density at radius 1 is 1.16 bits per heavy atom. The van der Waals surface area contributed by atoms with Crippen LogP contribution in [0.1, 0.15) is 58.3 Å². The quantitative estimate of drug-likeness (QED) is 0.460. The number of aliphatic imine (C=N–C) groups is 1. The van der Waals surface area contributed by atoms with Gasteiger partial charge in [-0.05, 0) is 12.8 Å². The van der Waals surface area contributed by atoms with Gasteiger partial charge in [-0.25, -0.2) is 0 Å². The standard InChI is InChI=1S/C16H31N3/c1-2-3-4-5-6-7-8-9-10-11-16-18-13-15-19(16)14-12-17/h9-10H,2-8,11-15,17H2,1H3/b10-9+. The zero-order chi connectivity index (χ0) is 13.8. The average molecular weight is 265 g/mol. The minimum absolute atomic E-state index is 0.723. The molecule has 0 amide bonds. The van der Waals surface area contributed by atoms with Crippen LogP contribution in [0.15, 0.2) is 17.1 Å². The Kier molecular flexibility index (Phi) is 9.42. The maximum atomic E-state index is 5.60. The van der Waals surface area contributed by atoms with Crippen molar-refractivity contribution in [2.45, 2.75) is 58.3 Å². The van der Waals surface area contributed by atoms with Gasteiger partial charge in [0.25, 0.3) is 0 Å². The van der Waals surface area contributed by atoms with Crippen LogP contribution in [0.5, 0.6) is 0 Å². The normalized spacial score (nSPS) is 15.5. The highest BCUT2D eigenvalue weighted by atomic mass is 15.2. The van der Waals surface area contributed by atoms with Crippen molar-refractivity contribution < 1.29 is 0 Å². The van der Waals surface area contributed by atoms with Crippen molar-refractivity contribution >= 4 is 5.84 Å². The molecule has 3 nitrogen and oxygen atoms in total. The first-order valence-corrected chi connectivity index (χ1v) is 8.01. The second-order valence-corrected chi connectivity index (χ2v) is 5.31. The minimum Gasteiger partial charge on any atom is -0.357 e. The number of unbranched alkanes of at least 4 members (excludes halogenated alkanes) is 6. The van der Waals surface area contributed by atoms with Crippen molar-refractivity contribution in [2.75, 3.05) is 26.2 Å². The highest BCUT2D eigenvalue weighted by Crippen LogP contribution is 2.08. The summed E-state index contributed by atoms with van der Waals surface area (Å²) in [5, 5.41) is 0. The van der Waals surface area contributed by atoms with Crippen molar-refractivity contribution in [3.05, 3.63) is 12.2 Å². The molecule has 1 aliphatic heterocycles. The van der Waals surface area contributed by atoms with Gasteiger partial charge in [0.15, 0.2) is 0 Å². The summed E-state index contributed by atoms with van der Waals surface area (Å²) in [6.45, 7) is 5.94. The van der Waals surface area contributed by atoms with Crippen LogP contribution in [-0.4, -0.2) is 36.9 Å². The molecule has 0 aromatic heterocycles. The van der Waals surface area contributed by atoms with Crippen molar-refractivity contribution in [3.8, 4) is 0 Å². The van der Waals surface area contributed by atoms with Crippen molar-refractivity contribution in [2.24, 2.45) is 10.7 Å². The lowest BCUT2D eigenvalue weighted by Gasteiger charge is -2.18. The first kappa shape index (κ1) is 16.2. The topological polar surface area (TPSA) is 41.6 Å². The third kappa shape index (κ3) is 7.36. The van der Waals surface area contributed by atoms with E-state index in [4.69, 9.17) is 5.73 Å². The molecule has 0 radical (unpaired) electrons. The first-order valence-electron chi connectivity index (χ1n) is 8.01. The number of rotatable bonds is 11. The Morgan fingerprint density at radius 2 is 1.95 bits per heavy atom. The van der Waals surface area contributed by atoms with Gasteiger partial charge in [-0.2, -0.15) is 0 Å². The number of nitrogens with two attached hydrogens (primary N) is 1. The molecule has 0 saturated carbocycles. The average Bonchev–Trinajstić information content (AvgIpc) is 2.85. The van der Waals surface area contributed by atoms with Gasteiger partial charge in [-0.3, -0.25) is 4.99 Å². The number of allylic oxidation sites excluding steroid dienone is 1. The van der Waals surface area contributed by atoms with Crippen molar-refractivity contribution in [3.63, 3.8) is 0 Å². The molecule has 0 saturated heterocycles. The van der Waals surface area contributed by atoms with E-state index in [2.05, 4.69) is 29.0 Å². The van der Waals surface area contributed by atoms with E-state index in [1.807, 2.05) is 0 Å². The molecule has 2 N–H and O–H groups in total. The van der Waals surface area contributed by atoms with Gasteiger partial charge >= 0.3 is 0 Å². The second-order valence-electron chi connectivity index (χ2n) is 5.31. The third-order valence-electron chi connectivity index (χ3n) is 3.62. The number of nitrogens with zero attached hydrogens (tertiary/aromatic N) is 2. The van der Waals surface area contributed by atoms with Gasteiger partial charge in [0.05, 0.1) is 6.54 Å². The van der Waals surface area contributed by atoms with E-state index in [0.717, 1.165) is 32.6 Å². The van der Waals surface area contributed by atoms with E-state index in [0.29, 0.717) is 0 Å². The maximum absolute atomic E-state index is 5.60. The fraction of sp³-hybridized carbons (Fsp3) is 0.812. The summed E-state index contributed by atoms with van der Waals surface area (Å²) in [4.78, 5) is 6.85. The van der Waals surface area contributed by atoms with Crippen LogP contribution in [0, 0.1) is 0 Å². The molecule has 19 heavy (non-hydrogen) atoms.